The van der Waals surface area contributed by atoms with Crippen LogP contribution in [0.2, 0.25) is 0 Å². The zero-order valence-corrected chi connectivity index (χ0v) is 19.9. The van der Waals surface area contributed by atoms with Crippen LogP contribution in [0.4, 0.5) is 14.5 Å². The highest BCUT2D eigenvalue weighted by atomic mass is 32.2. The van der Waals surface area contributed by atoms with E-state index in [9.17, 15) is 17.6 Å². The van der Waals surface area contributed by atoms with Gasteiger partial charge in [0.2, 0.25) is 11.7 Å². The fourth-order valence-electron chi connectivity index (χ4n) is 4.16. The number of carbonyl (C=O) groups is 1. The van der Waals surface area contributed by atoms with Crippen molar-refractivity contribution in [1.29, 1.82) is 0 Å². The Labute approximate surface area is 205 Å². The number of hydrogen-bond donors (Lipinski definition) is 2. The van der Waals surface area contributed by atoms with Gasteiger partial charge < -0.3 is 9.72 Å². The Bertz CT molecular complexity index is 1580. The van der Waals surface area contributed by atoms with Crippen molar-refractivity contribution < 1.29 is 26.7 Å². The molecule has 3 aromatic heterocycles. The lowest BCUT2D eigenvalue weighted by molar-refractivity contribution is 0.103. The van der Waals surface area contributed by atoms with Gasteiger partial charge in [-0.3, -0.25) is 9.52 Å². The van der Waals surface area contributed by atoms with Crippen molar-refractivity contribution in [3.63, 3.8) is 0 Å². The number of aromatic amines is 1. The number of methoxy groups -OCH3 is 1. The molecule has 1 aromatic carbocycles. The molecule has 1 aliphatic heterocycles. The third-order valence-corrected chi connectivity index (χ3v) is 7.54. The van der Waals surface area contributed by atoms with E-state index in [4.69, 9.17) is 4.74 Å². The normalized spacial score (nSPS) is 14.3. The van der Waals surface area contributed by atoms with Crippen LogP contribution in [0.15, 0.2) is 48.9 Å². The number of rotatable bonds is 7. The van der Waals surface area contributed by atoms with Crippen LogP contribution >= 0.6 is 0 Å². The number of anilines is 1. The number of halogens is 2. The molecule has 9 nitrogen and oxygen atoms in total. The summed E-state index contributed by atoms with van der Waals surface area (Å²) in [5.41, 5.74) is 0.298. The van der Waals surface area contributed by atoms with Gasteiger partial charge in [-0.25, -0.2) is 18.7 Å². The number of aromatic nitrogens is 3. The van der Waals surface area contributed by atoms with Crippen LogP contribution in [0.5, 0.6) is 5.88 Å². The smallest absolute Gasteiger partial charge is 0.301 e. The SMILES string of the molecule is COc1cc(-c2cnc3[nH]cc(C(=O)c4c(F)ccc(NS(=O)(=O)N5CCCC5)c4F)c3c2)ccn1. The molecule has 0 saturated carbocycles. The largest absolute Gasteiger partial charge is 0.481 e. The molecule has 1 fully saturated rings. The second kappa shape index (κ2) is 9.28. The number of fused-ring (bicyclic) bond motifs is 1. The maximum absolute atomic E-state index is 15.4. The zero-order valence-electron chi connectivity index (χ0n) is 19.1. The first-order chi connectivity index (χ1) is 17.3. The van der Waals surface area contributed by atoms with Crippen molar-refractivity contribution in [1.82, 2.24) is 19.3 Å². The Balaban J connectivity index is 1.53. The van der Waals surface area contributed by atoms with E-state index in [1.807, 2.05) is 0 Å². The average Bonchev–Trinajstić information content (AvgIpc) is 3.56. The molecule has 5 rings (SSSR count). The fraction of sp³-hybridized carbons (Fsp3) is 0.208. The van der Waals surface area contributed by atoms with Gasteiger partial charge in [0.25, 0.3) is 0 Å². The molecule has 36 heavy (non-hydrogen) atoms. The third-order valence-electron chi connectivity index (χ3n) is 6.02. The molecule has 12 heteroatoms. The van der Waals surface area contributed by atoms with Crippen molar-refractivity contribution in [3.8, 4) is 17.0 Å². The van der Waals surface area contributed by atoms with E-state index in [0.29, 0.717) is 54.0 Å². The molecule has 4 aromatic rings. The standard InChI is InChI=1S/C24H21F2N5O4S/c1-35-20-11-14(6-7-27-20)15-10-16-17(13-29-24(16)28-12-15)23(32)21-18(25)4-5-19(22(21)26)30-36(33,34)31-8-2-3-9-31/h4-7,10-13,30H,2-3,8-9H2,1H3,(H,28,29). The molecule has 0 amide bonds. The van der Waals surface area contributed by atoms with Gasteiger partial charge in [0, 0.05) is 54.3 Å². The minimum atomic E-state index is -4.04. The lowest BCUT2D eigenvalue weighted by Crippen LogP contribution is -2.33. The molecule has 0 radical (unpaired) electrons. The maximum Gasteiger partial charge on any atom is 0.301 e. The van der Waals surface area contributed by atoms with Gasteiger partial charge in [-0.15, -0.1) is 0 Å². The fourth-order valence-corrected chi connectivity index (χ4v) is 5.46. The molecule has 0 spiro atoms. The summed E-state index contributed by atoms with van der Waals surface area (Å²) in [6.07, 6.45) is 5.84. The Hall–Kier alpha value is -3.90. The molecule has 0 bridgehead atoms. The molecule has 0 unspecified atom stereocenters. The number of carbonyl (C=O) groups excluding carboxylic acids is 1. The number of nitrogens with zero attached hydrogens (tertiary/aromatic N) is 3. The second-order valence-corrected chi connectivity index (χ2v) is 9.91. The number of pyridine rings is 2. The summed E-state index contributed by atoms with van der Waals surface area (Å²) >= 11 is 0. The molecule has 1 aliphatic rings. The molecule has 4 heterocycles. The Kier molecular flexibility index (Phi) is 6.14. The first kappa shape index (κ1) is 23.8. The van der Waals surface area contributed by atoms with E-state index in [-0.39, 0.29) is 5.56 Å². The van der Waals surface area contributed by atoms with Crippen LogP contribution < -0.4 is 9.46 Å². The molecule has 2 N–H and O–H groups in total. The zero-order chi connectivity index (χ0) is 25.4. The summed E-state index contributed by atoms with van der Waals surface area (Å²) in [6.45, 7) is 0.607. The predicted molar refractivity (Wildman–Crippen MR) is 129 cm³/mol. The number of H-pyrrole nitrogens is 1. The molecule has 1 saturated heterocycles. The number of nitrogens with one attached hydrogen (secondary N) is 2. The topological polar surface area (TPSA) is 117 Å². The highest BCUT2D eigenvalue weighted by Gasteiger charge is 2.29. The van der Waals surface area contributed by atoms with Crippen molar-refractivity contribution in [2.45, 2.75) is 12.8 Å². The Morgan fingerprint density at radius 3 is 2.64 bits per heavy atom. The number of hydrogen-bond acceptors (Lipinski definition) is 6. The predicted octanol–water partition coefficient (Wildman–Crippen LogP) is 3.90. The quantitative estimate of drug-likeness (QED) is 0.362. The van der Waals surface area contributed by atoms with Crippen LogP contribution in [-0.2, 0) is 10.2 Å². The maximum atomic E-state index is 15.4. The average molecular weight is 514 g/mol. The lowest BCUT2D eigenvalue weighted by Gasteiger charge is -2.18. The molecular weight excluding hydrogens is 492 g/mol. The summed E-state index contributed by atoms with van der Waals surface area (Å²) in [6, 6.07) is 6.90. The first-order valence-corrected chi connectivity index (χ1v) is 12.5. The van der Waals surface area contributed by atoms with E-state index in [1.165, 1.54) is 17.6 Å². The summed E-state index contributed by atoms with van der Waals surface area (Å²) in [7, 11) is -2.56. The van der Waals surface area contributed by atoms with Gasteiger partial charge in [0.1, 0.15) is 11.5 Å². The second-order valence-electron chi connectivity index (χ2n) is 8.24. The summed E-state index contributed by atoms with van der Waals surface area (Å²) in [5.74, 6) is -2.97. The van der Waals surface area contributed by atoms with E-state index in [2.05, 4.69) is 19.7 Å². The van der Waals surface area contributed by atoms with Gasteiger partial charge >= 0.3 is 10.2 Å². The van der Waals surface area contributed by atoms with Gasteiger partial charge in [-0.2, -0.15) is 12.7 Å². The Morgan fingerprint density at radius 2 is 1.89 bits per heavy atom. The minimum Gasteiger partial charge on any atom is -0.481 e. The third kappa shape index (κ3) is 4.29. The van der Waals surface area contributed by atoms with Gasteiger partial charge in [0.05, 0.1) is 18.4 Å². The summed E-state index contributed by atoms with van der Waals surface area (Å²) in [5, 5.41) is 0.343. The van der Waals surface area contributed by atoms with Crippen molar-refractivity contribution in [2.24, 2.45) is 0 Å². The Morgan fingerprint density at radius 1 is 1.11 bits per heavy atom. The summed E-state index contributed by atoms with van der Waals surface area (Å²) < 4.78 is 63.7. The van der Waals surface area contributed by atoms with E-state index >= 15 is 4.39 Å². The minimum absolute atomic E-state index is 0.0160. The molecule has 186 valence electrons. The summed E-state index contributed by atoms with van der Waals surface area (Å²) in [4.78, 5) is 24.5. The van der Waals surface area contributed by atoms with E-state index in [1.54, 1.807) is 30.6 Å². The van der Waals surface area contributed by atoms with Crippen LogP contribution in [-0.4, -0.2) is 53.7 Å². The number of benzene rings is 1. The van der Waals surface area contributed by atoms with Crippen LogP contribution in [0.1, 0.15) is 28.8 Å². The first-order valence-electron chi connectivity index (χ1n) is 11.1. The van der Waals surface area contributed by atoms with Gasteiger partial charge in [-0.05, 0) is 42.7 Å². The van der Waals surface area contributed by atoms with Crippen LogP contribution in [0.25, 0.3) is 22.2 Å². The van der Waals surface area contributed by atoms with Gasteiger partial charge in [-0.1, -0.05) is 0 Å². The van der Waals surface area contributed by atoms with E-state index in [0.717, 1.165) is 12.1 Å². The lowest BCUT2D eigenvalue weighted by atomic mass is 10.00. The number of ketones is 1. The highest BCUT2D eigenvalue weighted by molar-refractivity contribution is 7.90. The molecular formula is C24H21F2N5O4S. The number of ether oxygens (including phenoxy) is 1. The van der Waals surface area contributed by atoms with E-state index < -0.39 is 38.9 Å². The van der Waals surface area contributed by atoms with Gasteiger partial charge in [0.15, 0.2) is 5.82 Å². The highest BCUT2D eigenvalue weighted by Crippen LogP contribution is 2.30. The molecule has 0 atom stereocenters. The van der Waals surface area contributed by atoms with Crippen molar-refractivity contribution >= 4 is 32.7 Å². The van der Waals surface area contributed by atoms with Crippen LogP contribution in [0.3, 0.4) is 0 Å². The molecule has 0 aliphatic carbocycles. The van der Waals surface area contributed by atoms with Crippen LogP contribution in [0, 0.1) is 11.6 Å². The van der Waals surface area contributed by atoms with Crippen molar-refractivity contribution in [3.05, 3.63) is 71.7 Å². The monoisotopic (exact) mass is 513 g/mol. The van der Waals surface area contributed by atoms with Crippen molar-refractivity contribution in [2.75, 3.05) is 24.9 Å².